The van der Waals surface area contributed by atoms with Crippen molar-refractivity contribution >= 4 is 23.4 Å². The SMILES string of the molecule is CCCCCCCCCCCCCCN(C(=O)CCCCCCCCCCC)[C@]1(N)O[C@H](CO)[C@@H](O)[C@H](O)[C@H]1C(=O)C(N)C(=O)[C@@H](N)CCC(=O)O. The third-order valence-corrected chi connectivity index (χ3v) is 10.4. The molecule has 0 spiro atoms. The predicted molar refractivity (Wildman–Crippen MR) is 202 cm³/mol. The number of ketones is 2. The number of ether oxygens (including phenoxy) is 1. The number of hydrogen-bond acceptors (Lipinski definition) is 11. The molecule has 0 bridgehead atoms. The number of carbonyl (C=O) groups excluding carboxylic acids is 3. The molecule has 7 atom stereocenters. The lowest BCUT2D eigenvalue weighted by Crippen LogP contribution is -2.76. The second-order valence-electron chi connectivity index (χ2n) is 14.9. The van der Waals surface area contributed by atoms with Gasteiger partial charge in [0.05, 0.1) is 18.8 Å². The van der Waals surface area contributed by atoms with E-state index in [0.29, 0.717) is 12.8 Å². The zero-order valence-corrected chi connectivity index (χ0v) is 32.4. The van der Waals surface area contributed by atoms with Crippen LogP contribution in [-0.2, 0) is 23.9 Å². The number of Topliss-reactive ketones (excluding diaryl/α,β-unsaturated/α-hetero) is 2. The minimum Gasteiger partial charge on any atom is -0.481 e. The normalized spacial score (nSPS) is 22.9. The fourth-order valence-corrected chi connectivity index (χ4v) is 7.11. The number of carbonyl (C=O) groups is 4. The van der Waals surface area contributed by atoms with Gasteiger partial charge in [-0.2, -0.15) is 0 Å². The zero-order valence-electron chi connectivity index (χ0n) is 32.4. The highest BCUT2D eigenvalue weighted by Crippen LogP contribution is 2.36. The summed E-state index contributed by atoms with van der Waals surface area (Å²) in [5.41, 5.74) is 18.8. The van der Waals surface area contributed by atoms with Crippen molar-refractivity contribution in [3.63, 3.8) is 0 Å². The smallest absolute Gasteiger partial charge is 0.303 e. The fourth-order valence-electron chi connectivity index (χ4n) is 7.11. The third kappa shape index (κ3) is 17.0. The highest BCUT2D eigenvalue weighted by molar-refractivity contribution is 6.09. The molecule has 10 N–H and O–H groups in total. The second kappa shape index (κ2) is 27.6. The Balaban J connectivity index is 3.11. The molecule has 0 aliphatic carbocycles. The Morgan fingerprint density at radius 3 is 1.58 bits per heavy atom. The summed E-state index contributed by atoms with van der Waals surface area (Å²) in [7, 11) is 0. The van der Waals surface area contributed by atoms with Gasteiger partial charge in [-0.1, -0.05) is 136 Å². The van der Waals surface area contributed by atoms with Gasteiger partial charge in [-0.3, -0.25) is 24.9 Å². The zero-order chi connectivity index (χ0) is 38.9. The lowest BCUT2D eigenvalue weighted by molar-refractivity contribution is -0.291. The van der Waals surface area contributed by atoms with Crippen LogP contribution in [0.3, 0.4) is 0 Å². The summed E-state index contributed by atoms with van der Waals surface area (Å²) in [5.74, 6) is -7.87. The average molecular weight is 743 g/mol. The van der Waals surface area contributed by atoms with Crippen molar-refractivity contribution in [2.45, 2.75) is 204 Å². The minimum atomic E-state index is -2.35. The minimum absolute atomic E-state index is 0.0796. The van der Waals surface area contributed by atoms with E-state index < -0.39 is 78.6 Å². The molecule has 1 aliphatic rings. The molecular weight excluding hydrogens is 668 g/mol. The first-order valence-corrected chi connectivity index (χ1v) is 20.4. The Bertz CT molecular complexity index is 1020. The number of unbranched alkanes of at least 4 members (excludes halogenated alkanes) is 19. The molecule has 1 heterocycles. The van der Waals surface area contributed by atoms with Gasteiger partial charge < -0.3 is 41.5 Å². The van der Waals surface area contributed by atoms with Gasteiger partial charge in [0.1, 0.15) is 24.2 Å². The number of carboxylic acids is 1. The summed E-state index contributed by atoms with van der Waals surface area (Å²) >= 11 is 0. The van der Waals surface area contributed by atoms with Gasteiger partial charge in [-0.25, -0.2) is 0 Å². The van der Waals surface area contributed by atoms with Crippen molar-refractivity contribution in [3.05, 3.63) is 0 Å². The van der Waals surface area contributed by atoms with Crippen LogP contribution < -0.4 is 17.2 Å². The topological polar surface area (TPSA) is 240 Å². The van der Waals surface area contributed by atoms with E-state index in [2.05, 4.69) is 13.8 Å². The van der Waals surface area contributed by atoms with E-state index in [1.807, 2.05) is 0 Å². The Morgan fingerprint density at radius 2 is 1.13 bits per heavy atom. The van der Waals surface area contributed by atoms with Crippen LogP contribution >= 0.6 is 0 Å². The number of aliphatic hydroxyl groups excluding tert-OH is 3. The Morgan fingerprint density at radius 1 is 0.692 bits per heavy atom. The molecule has 1 rings (SSSR count). The average Bonchev–Trinajstić information content (AvgIpc) is 3.12. The lowest BCUT2D eigenvalue weighted by Gasteiger charge is -2.53. The number of carboxylic acid groups (broad SMARTS) is 1. The number of hydrogen-bond donors (Lipinski definition) is 7. The molecule has 0 aromatic carbocycles. The van der Waals surface area contributed by atoms with Gasteiger partial charge in [0.15, 0.2) is 11.6 Å². The molecule has 52 heavy (non-hydrogen) atoms. The summed E-state index contributed by atoms with van der Waals surface area (Å²) in [6.45, 7) is 3.71. The van der Waals surface area contributed by atoms with Crippen LogP contribution in [0.5, 0.6) is 0 Å². The van der Waals surface area contributed by atoms with Gasteiger partial charge in [-0.05, 0) is 19.3 Å². The van der Waals surface area contributed by atoms with E-state index in [4.69, 9.17) is 27.0 Å². The quantitative estimate of drug-likeness (QED) is 0.0288. The van der Waals surface area contributed by atoms with Crippen LogP contribution in [0.2, 0.25) is 0 Å². The maximum absolute atomic E-state index is 14.0. The highest BCUT2D eigenvalue weighted by atomic mass is 16.6. The first-order valence-electron chi connectivity index (χ1n) is 20.4. The van der Waals surface area contributed by atoms with Crippen molar-refractivity contribution in [3.8, 4) is 0 Å². The number of nitrogens with two attached hydrogens (primary N) is 3. The Kier molecular flexibility index (Phi) is 25.5. The number of aliphatic hydroxyl groups is 3. The van der Waals surface area contributed by atoms with Crippen LogP contribution in [0.25, 0.3) is 0 Å². The molecule has 1 amide bonds. The molecule has 0 aromatic heterocycles. The van der Waals surface area contributed by atoms with Gasteiger partial charge >= 0.3 is 5.97 Å². The van der Waals surface area contributed by atoms with Crippen LogP contribution in [0, 0.1) is 5.92 Å². The molecule has 1 fully saturated rings. The van der Waals surface area contributed by atoms with E-state index in [0.717, 1.165) is 51.4 Å². The van der Waals surface area contributed by atoms with Gasteiger partial charge in [0, 0.05) is 19.4 Å². The highest BCUT2D eigenvalue weighted by Gasteiger charge is 2.60. The van der Waals surface area contributed by atoms with Crippen LogP contribution in [-0.4, -0.2) is 98.2 Å². The molecular formula is C39H74N4O9. The maximum atomic E-state index is 14.0. The van der Waals surface area contributed by atoms with Crippen molar-refractivity contribution < 1.29 is 44.3 Å². The van der Waals surface area contributed by atoms with Crippen molar-refractivity contribution in [1.82, 2.24) is 4.90 Å². The number of amides is 1. The summed E-state index contributed by atoms with van der Waals surface area (Å²) in [6.07, 6.45) is 16.8. The number of rotatable bonds is 32. The predicted octanol–water partition coefficient (Wildman–Crippen LogP) is 4.44. The van der Waals surface area contributed by atoms with Crippen molar-refractivity contribution in [2.75, 3.05) is 13.2 Å². The maximum Gasteiger partial charge on any atom is 0.303 e. The molecule has 1 unspecified atom stereocenters. The molecule has 1 aliphatic heterocycles. The monoisotopic (exact) mass is 743 g/mol. The van der Waals surface area contributed by atoms with E-state index in [1.54, 1.807) is 0 Å². The largest absolute Gasteiger partial charge is 0.481 e. The number of aliphatic carboxylic acids is 1. The standard InChI is InChI=1S/C39H74N4O9/c1-3-5-7-9-11-13-14-15-17-19-21-23-27-43(31(45)24-22-20-18-16-12-10-8-6-4-2)39(42)33(38(51)36(49)30(28-44)52-39)37(50)34(41)35(48)29(40)25-26-32(46)47/h29-30,33-34,36,38,44,49,51H,3-28,40-42H2,1-2H3,(H,46,47)/t29-,30+,33+,34?,36+,38+,39-/m0/s1. The van der Waals surface area contributed by atoms with Gasteiger partial charge in [0.2, 0.25) is 11.8 Å². The molecule has 0 saturated carbocycles. The molecule has 13 nitrogen and oxygen atoms in total. The van der Waals surface area contributed by atoms with E-state index in [-0.39, 0.29) is 19.4 Å². The first kappa shape index (κ1) is 48.0. The molecule has 0 radical (unpaired) electrons. The third-order valence-electron chi connectivity index (χ3n) is 10.4. The fraction of sp³-hybridized carbons (Fsp3) is 0.897. The van der Waals surface area contributed by atoms with Crippen LogP contribution in [0.4, 0.5) is 0 Å². The Hall–Kier alpha value is -2.00. The summed E-state index contributed by atoms with van der Waals surface area (Å²) < 4.78 is 5.97. The first-order chi connectivity index (χ1) is 24.9. The molecule has 0 aromatic rings. The molecule has 304 valence electrons. The van der Waals surface area contributed by atoms with Crippen LogP contribution in [0.15, 0.2) is 0 Å². The number of nitrogens with zero attached hydrogens (tertiary/aromatic N) is 1. The summed E-state index contributed by atoms with van der Waals surface area (Å²) in [6, 6.07) is -3.32. The van der Waals surface area contributed by atoms with E-state index in [9.17, 15) is 34.5 Å². The van der Waals surface area contributed by atoms with Gasteiger partial charge in [0.25, 0.3) is 0 Å². The lowest BCUT2D eigenvalue weighted by atomic mass is 9.79. The van der Waals surface area contributed by atoms with E-state index >= 15 is 0 Å². The summed E-state index contributed by atoms with van der Waals surface area (Å²) in [5, 5.41) is 41.1. The summed E-state index contributed by atoms with van der Waals surface area (Å²) in [4.78, 5) is 53.2. The van der Waals surface area contributed by atoms with Crippen LogP contribution in [0.1, 0.15) is 168 Å². The van der Waals surface area contributed by atoms with Gasteiger partial charge in [-0.15, -0.1) is 0 Å². The van der Waals surface area contributed by atoms with E-state index in [1.165, 1.54) is 75.5 Å². The van der Waals surface area contributed by atoms with Crippen molar-refractivity contribution in [2.24, 2.45) is 23.1 Å². The Labute approximate surface area is 312 Å². The second-order valence-corrected chi connectivity index (χ2v) is 14.9. The molecule has 13 heteroatoms. The van der Waals surface area contributed by atoms with Crippen molar-refractivity contribution in [1.29, 1.82) is 0 Å². The molecule has 1 saturated heterocycles.